The second-order valence-corrected chi connectivity index (χ2v) is 4.70. The molecule has 0 N–H and O–H groups in total. The summed E-state index contributed by atoms with van der Waals surface area (Å²) in [6.07, 6.45) is 3.85. The first kappa shape index (κ1) is 9.14. The zero-order valence-corrected chi connectivity index (χ0v) is 9.20. The van der Waals surface area contributed by atoms with Crippen molar-refractivity contribution in [1.29, 1.82) is 0 Å². The minimum absolute atomic E-state index is 0.638. The van der Waals surface area contributed by atoms with Crippen LogP contribution in [-0.2, 0) is 12.8 Å². The Balaban J connectivity index is 2.55. The van der Waals surface area contributed by atoms with Gasteiger partial charge >= 0.3 is 0 Å². The number of fused-ring (bicyclic) bond motifs is 1. The van der Waals surface area contributed by atoms with Gasteiger partial charge in [0.15, 0.2) is 0 Å². The largest absolute Gasteiger partial charge is 0.143 e. The van der Waals surface area contributed by atoms with Crippen LogP contribution in [-0.4, -0.2) is 0 Å². The van der Waals surface area contributed by atoms with Crippen molar-refractivity contribution in [1.82, 2.24) is 0 Å². The maximum absolute atomic E-state index is 4.45. The molecule has 13 heavy (non-hydrogen) atoms. The van der Waals surface area contributed by atoms with Crippen molar-refractivity contribution < 1.29 is 0 Å². The summed E-state index contributed by atoms with van der Waals surface area (Å²) in [6, 6.07) is 4.47. The molecule has 0 bridgehead atoms. The summed E-state index contributed by atoms with van der Waals surface area (Å²) in [7, 11) is 0. The molecule has 0 saturated carbocycles. The first-order valence-electron chi connectivity index (χ1n) is 5.03. The Morgan fingerprint density at radius 3 is 2.69 bits per heavy atom. The average molecular weight is 192 g/mol. The summed E-state index contributed by atoms with van der Waals surface area (Å²) in [5.41, 5.74) is 4.66. The van der Waals surface area contributed by atoms with E-state index in [1.807, 2.05) is 0 Å². The van der Waals surface area contributed by atoms with Gasteiger partial charge < -0.3 is 0 Å². The lowest BCUT2D eigenvalue weighted by Gasteiger charge is -2.12. The molecular formula is C12H16S. The Morgan fingerprint density at radius 1 is 1.23 bits per heavy atom. The van der Waals surface area contributed by atoms with E-state index in [-0.39, 0.29) is 0 Å². The molecular weight excluding hydrogens is 176 g/mol. The maximum atomic E-state index is 4.45. The van der Waals surface area contributed by atoms with Crippen LogP contribution in [0.5, 0.6) is 0 Å². The van der Waals surface area contributed by atoms with Crippen LogP contribution < -0.4 is 0 Å². The predicted octanol–water partition coefficient (Wildman–Crippen LogP) is 3.59. The average Bonchev–Trinajstić information content (AvgIpc) is 2.49. The lowest BCUT2D eigenvalue weighted by Crippen LogP contribution is -1.95. The monoisotopic (exact) mass is 192 g/mol. The number of aryl methyl sites for hydroxylation is 1. The zero-order valence-electron chi connectivity index (χ0n) is 8.30. The van der Waals surface area contributed by atoms with Crippen LogP contribution in [0.2, 0.25) is 0 Å². The fourth-order valence-corrected chi connectivity index (χ4v) is 2.53. The fourth-order valence-electron chi connectivity index (χ4n) is 2.24. The molecule has 0 radical (unpaired) electrons. The number of hydrogen-bond acceptors (Lipinski definition) is 1. The summed E-state index contributed by atoms with van der Waals surface area (Å²) >= 11 is 4.45. The normalized spacial score (nSPS) is 15.1. The number of benzene rings is 1. The van der Waals surface area contributed by atoms with Crippen molar-refractivity contribution in [3.8, 4) is 0 Å². The first-order chi connectivity index (χ1) is 6.18. The zero-order chi connectivity index (χ0) is 9.42. The van der Waals surface area contributed by atoms with Crippen LogP contribution >= 0.6 is 12.6 Å². The van der Waals surface area contributed by atoms with E-state index in [2.05, 4.69) is 38.6 Å². The third-order valence-corrected chi connectivity index (χ3v) is 3.11. The van der Waals surface area contributed by atoms with Gasteiger partial charge in [-0.15, -0.1) is 12.6 Å². The molecule has 0 atom stereocenters. The summed E-state index contributed by atoms with van der Waals surface area (Å²) < 4.78 is 0. The van der Waals surface area contributed by atoms with Gasteiger partial charge in [-0.2, -0.15) is 0 Å². The Hall–Kier alpha value is -0.430. The Morgan fingerprint density at radius 2 is 2.00 bits per heavy atom. The molecule has 0 saturated heterocycles. The van der Waals surface area contributed by atoms with Crippen LogP contribution in [0.1, 0.15) is 42.9 Å². The van der Waals surface area contributed by atoms with Gasteiger partial charge in [0, 0.05) is 4.90 Å². The first-order valence-corrected chi connectivity index (χ1v) is 5.48. The van der Waals surface area contributed by atoms with Gasteiger partial charge in [-0.1, -0.05) is 13.8 Å². The van der Waals surface area contributed by atoms with Crippen molar-refractivity contribution in [2.45, 2.75) is 43.9 Å². The summed E-state index contributed by atoms with van der Waals surface area (Å²) in [6.45, 7) is 4.53. The molecule has 0 aromatic heterocycles. The van der Waals surface area contributed by atoms with Gasteiger partial charge in [-0.25, -0.2) is 0 Å². The molecule has 0 spiro atoms. The van der Waals surface area contributed by atoms with Crippen LogP contribution in [0, 0.1) is 0 Å². The highest BCUT2D eigenvalue weighted by atomic mass is 32.1. The van der Waals surface area contributed by atoms with Crippen LogP contribution in [0.4, 0.5) is 0 Å². The Labute approximate surface area is 85.8 Å². The van der Waals surface area contributed by atoms with Gasteiger partial charge in [0.2, 0.25) is 0 Å². The predicted molar refractivity (Wildman–Crippen MR) is 59.8 cm³/mol. The Bertz CT molecular complexity index is 326. The molecule has 0 unspecified atom stereocenters. The number of hydrogen-bond donors (Lipinski definition) is 1. The third kappa shape index (κ3) is 1.62. The molecule has 70 valence electrons. The van der Waals surface area contributed by atoms with E-state index in [4.69, 9.17) is 0 Å². The molecule has 0 nitrogen and oxygen atoms in total. The van der Waals surface area contributed by atoms with E-state index < -0.39 is 0 Å². The fraction of sp³-hybridized carbons (Fsp3) is 0.500. The van der Waals surface area contributed by atoms with Crippen LogP contribution in [0.3, 0.4) is 0 Å². The van der Waals surface area contributed by atoms with E-state index in [1.165, 1.54) is 30.4 Å². The van der Waals surface area contributed by atoms with Crippen molar-refractivity contribution in [2.75, 3.05) is 0 Å². The SMILES string of the molecule is CC(C)c1cc(S)cc2c1CCC2. The summed E-state index contributed by atoms with van der Waals surface area (Å²) in [5, 5.41) is 0. The van der Waals surface area contributed by atoms with Gasteiger partial charge in [-0.3, -0.25) is 0 Å². The van der Waals surface area contributed by atoms with Gasteiger partial charge in [0.05, 0.1) is 0 Å². The van der Waals surface area contributed by atoms with Gasteiger partial charge in [0.1, 0.15) is 0 Å². The molecule has 1 aliphatic rings. The molecule has 1 heteroatoms. The minimum Gasteiger partial charge on any atom is -0.143 e. The van der Waals surface area contributed by atoms with Gasteiger partial charge in [-0.05, 0) is 54.0 Å². The van der Waals surface area contributed by atoms with Crippen LogP contribution in [0.25, 0.3) is 0 Å². The van der Waals surface area contributed by atoms with Crippen molar-refractivity contribution in [3.05, 3.63) is 28.8 Å². The Kier molecular flexibility index (Phi) is 2.37. The second kappa shape index (κ2) is 3.38. The molecule has 0 aliphatic heterocycles. The second-order valence-electron chi connectivity index (χ2n) is 4.18. The van der Waals surface area contributed by atoms with Crippen molar-refractivity contribution in [2.24, 2.45) is 0 Å². The minimum atomic E-state index is 0.638. The summed E-state index contributed by atoms with van der Waals surface area (Å²) in [4.78, 5) is 1.13. The highest BCUT2D eigenvalue weighted by molar-refractivity contribution is 7.80. The third-order valence-electron chi connectivity index (χ3n) is 2.86. The highest BCUT2D eigenvalue weighted by Crippen LogP contribution is 2.32. The van der Waals surface area contributed by atoms with E-state index >= 15 is 0 Å². The van der Waals surface area contributed by atoms with E-state index in [0.29, 0.717) is 5.92 Å². The lowest BCUT2D eigenvalue weighted by molar-refractivity contribution is 0.835. The molecule has 0 amide bonds. The molecule has 1 aromatic carbocycles. The number of rotatable bonds is 1. The van der Waals surface area contributed by atoms with Crippen molar-refractivity contribution >= 4 is 12.6 Å². The van der Waals surface area contributed by atoms with Crippen LogP contribution in [0.15, 0.2) is 17.0 Å². The van der Waals surface area contributed by atoms with E-state index in [9.17, 15) is 0 Å². The number of thiol groups is 1. The molecule has 1 aromatic rings. The molecule has 1 aliphatic carbocycles. The smallest absolute Gasteiger partial charge is 0.00457 e. The maximum Gasteiger partial charge on any atom is 0.00457 e. The van der Waals surface area contributed by atoms with E-state index in [1.54, 1.807) is 5.56 Å². The summed E-state index contributed by atoms with van der Waals surface area (Å²) in [5.74, 6) is 0.638. The van der Waals surface area contributed by atoms with Crippen molar-refractivity contribution in [3.63, 3.8) is 0 Å². The molecule has 0 fully saturated rings. The lowest BCUT2D eigenvalue weighted by atomic mass is 9.95. The van der Waals surface area contributed by atoms with Gasteiger partial charge in [0.25, 0.3) is 0 Å². The molecule has 0 heterocycles. The molecule has 2 rings (SSSR count). The topological polar surface area (TPSA) is 0 Å². The van der Waals surface area contributed by atoms with E-state index in [0.717, 1.165) is 4.90 Å². The highest BCUT2D eigenvalue weighted by Gasteiger charge is 2.16. The quantitative estimate of drug-likeness (QED) is 0.646. The standard InChI is InChI=1S/C12H16S/c1-8(2)12-7-10(13)6-9-4-3-5-11(9)12/h6-8,13H,3-5H2,1-2H3.